The predicted octanol–water partition coefficient (Wildman–Crippen LogP) is 3.46. The number of rotatable bonds is 3. The lowest BCUT2D eigenvalue weighted by Crippen LogP contribution is -2.03. The van der Waals surface area contributed by atoms with Crippen LogP contribution in [0.3, 0.4) is 0 Å². The van der Waals surface area contributed by atoms with Crippen LogP contribution in [-0.2, 0) is 13.0 Å². The molecule has 0 fully saturated rings. The van der Waals surface area contributed by atoms with Crippen molar-refractivity contribution in [2.75, 3.05) is 0 Å². The van der Waals surface area contributed by atoms with Crippen LogP contribution in [0.5, 0.6) is 0 Å². The van der Waals surface area contributed by atoms with E-state index in [1.54, 1.807) is 0 Å². The van der Waals surface area contributed by atoms with E-state index in [4.69, 9.17) is 11.6 Å². The summed E-state index contributed by atoms with van der Waals surface area (Å²) in [6, 6.07) is 10.2. The van der Waals surface area contributed by atoms with Gasteiger partial charge in [0.15, 0.2) is 0 Å². The van der Waals surface area contributed by atoms with Crippen LogP contribution < -0.4 is 0 Å². The molecule has 0 atom stereocenters. The van der Waals surface area contributed by atoms with Crippen LogP contribution in [0.15, 0.2) is 30.3 Å². The van der Waals surface area contributed by atoms with E-state index < -0.39 is 0 Å². The number of nitrogens with zero attached hydrogens (tertiary/aromatic N) is 2. The van der Waals surface area contributed by atoms with Gasteiger partial charge in [0, 0.05) is 0 Å². The van der Waals surface area contributed by atoms with Crippen LogP contribution in [0.4, 0.5) is 0 Å². The molecule has 0 radical (unpaired) electrons. The highest BCUT2D eigenvalue weighted by Crippen LogP contribution is 2.15. The molecule has 0 aliphatic carbocycles. The average molecular weight is 235 g/mol. The number of benzene rings is 1. The van der Waals surface area contributed by atoms with Gasteiger partial charge in [-0.1, -0.05) is 42.8 Å². The molecule has 0 saturated heterocycles. The Kier molecular flexibility index (Phi) is 3.30. The Labute approximate surface area is 101 Å². The highest BCUT2D eigenvalue weighted by atomic mass is 35.5. The van der Waals surface area contributed by atoms with E-state index in [0.717, 1.165) is 18.7 Å². The highest BCUT2D eigenvalue weighted by molar-refractivity contribution is 6.29. The second-order valence-corrected chi connectivity index (χ2v) is 4.28. The van der Waals surface area contributed by atoms with E-state index in [-0.39, 0.29) is 0 Å². The van der Waals surface area contributed by atoms with Crippen molar-refractivity contribution in [3.63, 3.8) is 0 Å². The zero-order valence-corrected chi connectivity index (χ0v) is 10.3. The predicted molar refractivity (Wildman–Crippen MR) is 66.9 cm³/mol. The number of hydrogen-bond acceptors (Lipinski definition) is 1. The fraction of sp³-hybridized carbons (Fsp3) is 0.308. The third-order valence-corrected chi connectivity index (χ3v) is 3.03. The lowest BCUT2D eigenvalue weighted by molar-refractivity contribution is 0.672. The number of hydrogen-bond donors (Lipinski definition) is 0. The van der Waals surface area contributed by atoms with E-state index in [9.17, 15) is 0 Å². The maximum absolute atomic E-state index is 6.13. The molecule has 2 rings (SSSR count). The molecule has 0 amide bonds. The van der Waals surface area contributed by atoms with Gasteiger partial charge in [0.2, 0.25) is 0 Å². The van der Waals surface area contributed by atoms with Crippen molar-refractivity contribution in [2.24, 2.45) is 0 Å². The van der Waals surface area contributed by atoms with Crippen molar-refractivity contribution in [3.8, 4) is 0 Å². The second kappa shape index (κ2) is 4.71. The summed E-state index contributed by atoms with van der Waals surface area (Å²) in [6.45, 7) is 4.93. The Morgan fingerprint density at radius 1 is 1.31 bits per heavy atom. The van der Waals surface area contributed by atoms with Crippen molar-refractivity contribution in [2.45, 2.75) is 26.8 Å². The maximum Gasteiger partial charge on any atom is 0.127 e. The molecule has 0 bridgehead atoms. The highest BCUT2D eigenvalue weighted by Gasteiger charge is 2.06. The van der Waals surface area contributed by atoms with Gasteiger partial charge in [-0.2, -0.15) is 5.10 Å². The van der Waals surface area contributed by atoms with Gasteiger partial charge in [-0.05, 0) is 30.5 Å². The van der Waals surface area contributed by atoms with Gasteiger partial charge in [0.25, 0.3) is 0 Å². The molecule has 1 aromatic carbocycles. The van der Waals surface area contributed by atoms with Crippen LogP contribution in [0.25, 0.3) is 0 Å². The molecule has 1 heterocycles. The van der Waals surface area contributed by atoms with E-state index >= 15 is 0 Å². The van der Waals surface area contributed by atoms with Crippen LogP contribution in [-0.4, -0.2) is 9.78 Å². The molecule has 0 N–H and O–H groups in total. The molecule has 0 aliphatic rings. The molecule has 2 aromatic rings. The fourth-order valence-corrected chi connectivity index (χ4v) is 1.90. The van der Waals surface area contributed by atoms with Crippen molar-refractivity contribution in [1.29, 1.82) is 0 Å². The molecule has 2 nitrogen and oxygen atoms in total. The van der Waals surface area contributed by atoms with Crippen molar-refractivity contribution >= 4 is 11.6 Å². The summed E-state index contributed by atoms with van der Waals surface area (Å²) >= 11 is 6.13. The third kappa shape index (κ3) is 2.27. The number of aromatic nitrogens is 2. The Morgan fingerprint density at radius 2 is 2.06 bits per heavy atom. The summed E-state index contributed by atoms with van der Waals surface area (Å²) in [7, 11) is 0. The van der Waals surface area contributed by atoms with Crippen LogP contribution in [0.1, 0.15) is 23.7 Å². The van der Waals surface area contributed by atoms with Gasteiger partial charge < -0.3 is 0 Å². The summed E-state index contributed by atoms with van der Waals surface area (Å²) in [6.07, 6.45) is 0.917. The van der Waals surface area contributed by atoms with Crippen molar-refractivity contribution in [1.82, 2.24) is 9.78 Å². The SMILES string of the molecule is CCc1cc(Cl)n(Cc2ccccc2C)n1. The summed E-state index contributed by atoms with van der Waals surface area (Å²) in [5, 5.41) is 5.16. The quantitative estimate of drug-likeness (QED) is 0.796. The van der Waals surface area contributed by atoms with Gasteiger partial charge >= 0.3 is 0 Å². The van der Waals surface area contributed by atoms with Crippen LogP contribution >= 0.6 is 11.6 Å². The van der Waals surface area contributed by atoms with Gasteiger partial charge in [0.05, 0.1) is 12.2 Å². The summed E-state index contributed by atoms with van der Waals surface area (Å²) < 4.78 is 1.85. The molecule has 84 valence electrons. The Hall–Kier alpha value is -1.28. The maximum atomic E-state index is 6.13. The largest absolute Gasteiger partial charge is 0.249 e. The summed E-state index contributed by atoms with van der Waals surface area (Å²) in [4.78, 5) is 0. The topological polar surface area (TPSA) is 17.8 Å². The minimum absolute atomic E-state index is 0.708. The molecule has 0 unspecified atom stereocenters. The molecular formula is C13H15ClN2. The molecular weight excluding hydrogens is 220 g/mol. The van der Waals surface area contributed by atoms with Gasteiger partial charge in [-0.15, -0.1) is 0 Å². The minimum atomic E-state index is 0.708. The van der Waals surface area contributed by atoms with Gasteiger partial charge in [-0.3, -0.25) is 0 Å². The first-order valence-corrected chi connectivity index (χ1v) is 5.85. The smallest absolute Gasteiger partial charge is 0.127 e. The summed E-state index contributed by atoms with van der Waals surface area (Å²) in [5.74, 6) is 0. The number of aryl methyl sites for hydroxylation is 2. The lowest BCUT2D eigenvalue weighted by Gasteiger charge is -2.06. The van der Waals surface area contributed by atoms with Crippen LogP contribution in [0.2, 0.25) is 5.15 Å². The van der Waals surface area contributed by atoms with Gasteiger partial charge in [-0.25, -0.2) is 4.68 Å². The first kappa shape index (κ1) is 11.2. The third-order valence-electron chi connectivity index (χ3n) is 2.73. The van der Waals surface area contributed by atoms with E-state index in [2.05, 4.69) is 31.1 Å². The fourth-order valence-electron chi connectivity index (χ4n) is 1.68. The summed E-state index contributed by atoms with van der Waals surface area (Å²) in [5.41, 5.74) is 3.57. The first-order chi connectivity index (χ1) is 7.70. The molecule has 1 aromatic heterocycles. The first-order valence-electron chi connectivity index (χ1n) is 5.47. The van der Waals surface area contributed by atoms with E-state index in [1.165, 1.54) is 11.1 Å². The Bertz CT molecular complexity index is 488. The molecule has 0 spiro atoms. The molecule has 0 saturated carbocycles. The van der Waals surface area contributed by atoms with Crippen LogP contribution in [0, 0.1) is 6.92 Å². The average Bonchev–Trinajstić information content (AvgIpc) is 2.63. The van der Waals surface area contributed by atoms with Crippen molar-refractivity contribution < 1.29 is 0 Å². The zero-order valence-electron chi connectivity index (χ0n) is 9.57. The Balaban J connectivity index is 2.27. The molecule has 3 heteroatoms. The second-order valence-electron chi connectivity index (χ2n) is 3.90. The van der Waals surface area contributed by atoms with E-state index in [1.807, 2.05) is 22.9 Å². The molecule has 0 aliphatic heterocycles. The standard InChI is InChI=1S/C13H15ClN2/c1-3-12-8-13(14)16(15-12)9-11-7-5-4-6-10(11)2/h4-8H,3,9H2,1-2H3. The Morgan fingerprint density at radius 3 is 2.69 bits per heavy atom. The zero-order chi connectivity index (χ0) is 11.5. The number of halogens is 1. The minimum Gasteiger partial charge on any atom is -0.249 e. The monoisotopic (exact) mass is 234 g/mol. The van der Waals surface area contributed by atoms with Gasteiger partial charge in [0.1, 0.15) is 5.15 Å². The van der Waals surface area contributed by atoms with E-state index in [0.29, 0.717) is 5.15 Å². The molecule has 16 heavy (non-hydrogen) atoms. The normalized spacial score (nSPS) is 10.7. The lowest BCUT2D eigenvalue weighted by atomic mass is 10.1. The van der Waals surface area contributed by atoms with Crippen molar-refractivity contribution in [3.05, 3.63) is 52.3 Å².